The molecule has 0 bridgehead atoms. The molecular formula is C17H19N3O5. The molecule has 8 heteroatoms. The Morgan fingerprint density at radius 2 is 2.16 bits per heavy atom. The fourth-order valence-corrected chi connectivity index (χ4v) is 2.85. The van der Waals surface area contributed by atoms with Crippen molar-refractivity contribution in [2.24, 2.45) is 7.05 Å². The highest BCUT2D eigenvalue weighted by Gasteiger charge is 2.29. The maximum atomic E-state index is 12.0. The first-order valence-electron chi connectivity index (χ1n) is 7.72. The number of amides is 1. The molecule has 0 spiro atoms. The third-order valence-corrected chi connectivity index (χ3v) is 4.15. The number of fused-ring (bicyclic) bond motifs is 1. The van der Waals surface area contributed by atoms with Crippen LogP contribution >= 0.6 is 0 Å². The molecule has 8 nitrogen and oxygen atoms in total. The second-order valence-corrected chi connectivity index (χ2v) is 5.65. The number of anilines is 1. The van der Waals surface area contributed by atoms with Gasteiger partial charge < -0.3 is 19.5 Å². The predicted molar refractivity (Wildman–Crippen MR) is 88.8 cm³/mol. The van der Waals surface area contributed by atoms with E-state index in [1.54, 1.807) is 24.0 Å². The number of nitrogens with zero attached hydrogens (tertiary/aromatic N) is 2. The zero-order valence-electron chi connectivity index (χ0n) is 14.2. The van der Waals surface area contributed by atoms with E-state index in [2.05, 4.69) is 15.2 Å². The molecule has 0 radical (unpaired) electrons. The van der Waals surface area contributed by atoms with Gasteiger partial charge in [-0.1, -0.05) is 6.07 Å². The highest BCUT2D eigenvalue weighted by atomic mass is 16.6. The minimum Gasteiger partial charge on any atom is -0.493 e. The molecule has 2 aromatic rings. The summed E-state index contributed by atoms with van der Waals surface area (Å²) in [5, 5.41) is 7.06. The van der Waals surface area contributed by atoms with Gasteiger partial charge in [0.1, 0.15) is 5.82 Å². The summed E-state index contributed by atoms with van der Waals surface area (Å²) in [5.74, 6) is 0.953. The molecule has 1 aliphatic rings. The van der Waals surface area contributed by atoms with Crippen LogP contribution in [0.1, 0.15) is 23.5 Å². The van der Waals surface area contributed by atoms with Crippen LogP contribution in [-0.4, -0.2) is 42.5 Å². The van der Waals surface area contributed by atoms with E-state index in [9.17, 15) is 9.59 Å². The molecule has 1 aromatic heterocycles. The molecular weight excluding hydrogens is 326 g/mol. The maximum Gasteiger partial charge on any atom is 0.343 e. The van der Waals surface area contributed by atoms with Crippen molar-refractivity contribution >= 4 is 17.7 Å². The summed E-state index contributed by atoms with van der Waals surface area (Å²) in [4.78, 5) is 23.3. The Labute approximate surface area is 144 Å². The van der Waals surface area contributed by atoms with Crippen molar-refractivity contribution in [1.82, 2.24) is 9.78 Å². The molecule has 1 amide bonds. The smallest absolute Gasteiger partial charge is 0.343 e. The van der Waals surface area contributed by atoms with Crippen LogP contribution in [0.25, 0.3) is 0 Å². The number of methoxy groups -OCH3 is 2. The highest BCUT2D eigenvalue weighted by molar-refractivity contribution is 5.94. The number of ether oxygens (including phenoxy) is 3. The molecule has 0 saturated carbocycles. The average Bonchev–Trinajstić information content (AvgIpc) is 2.99. The van der Waals surface area contributed by atoms with E-state index in [4.69, 9.17) is 9.47 Å². The Hall–Kier alpha value is -3.03. The van der Waals surface area contributed by atoms with Gasteiger partial charge in [-0.2, -0.15) is 5.10 Å². The molecule has 3 rings (SSSR count). The fraction of sp³-hybridized carbons (Fsp3) is 0.353. The summed E-state index contributed by atoms with van der Waals surface area (Å²) >= 11 is 0. The molecule has 132 valence electrons. The number of benzene rings is 1. The average molecular weight is 345 g/mol. The fourth-order valence-electron chi connectivity index (χ4n) is 2.85. The SMILES string of the molecule is COC(=O)COc1ccc([C@@H]2CC(=O)Nc3c2cnn3C)cc1OC. The topological polar surface area (TPSA) is 91.7 Å². The molecule has 1 aliphatic heterocycles. The standard InChI is InChI=1S/C17H19N3O5/c1-20-17-12(8-18-20)11(7-15(21)19-17)10-4-5-13(14(6-10)23-2)25-9-16(22)24-3/h4-6,8,11H,7,9H2,1-3H3,(H,19,21)/t11-/m0/s1. The Kier molecular flexibility index (Phi) is 4.60. The van der Waals surface area contributed by atoms with Crippen LogP contribution in [0.4, 0.5) is 5.82 Å². The summed E-state index contributed by atoms with van der Waals surface area (Å²) < 4.78 is 17.0. The van der Waals surface area contributed by atoms with E-state index in [1.165, 1.54) is 14.2 Å². The molecule has 0 aliphatic carbocycles. The third-order valence-electron chi connectivity index (χ3n) is 4.15. The van der Waals surface area contributed by atoms with Crippen LogP contribution in [-0.2, 0) is 21.4 Å². The summed E-state index contributed by atoms with van der Waals surface area (Å²) in [7, 11) is 4.60. The van der Waals surface area contributed by atoms with Gasteiger partial charge in [0.15, 0.2) is 18.1 Å². The van der Waals surface area contributed by atoms with Crippen LogP contribution in [0.5, 0.6) is 11.5 Å². The Morgan fingerprint density at radius 1 is 1.36 bits per heavy atom. The van der Waals surface area contributed by atoms with E-state index in [0.29, 0.717) is 23.7 Å². The summed E-state index contributed by atoms with van der Waals surface area (Å²) in [6, 6.07) is 5.39. The number of nitrogens with one attached hydrogen (secondary N) is 1. The van der Waals surface area contributed by atoms with Gasteiger partial charge in [-0.3, -0.25) is 9.48 Å². The molecule has 0 fully saturated rings. The van der Waals surface area contributed by atoms with Crippen molar-refractivity contribution < 1.29 is 23.8 Å². The zero-order valence-corrected chi connectivity index (χ0v) is 14.2. The van der Waals surface area contributed by atoms with Crippen molar-refractivity contribution in [2.45, 2.75) is 12.3 Å². The van der Waals surface area contributed by atoms with Crippen LogP contribution in [0, 0.1) is 0 Å². The number of hydrogen-bond acceptors (Lipinski definition) is 6. The molecule has 25 heavy (non-hydrogen) atoms. The lowest BCUT2D eigenvalue weighted by Gasteiger charge is -2.24. The molecule has 1 N–H and O–H groups in total. The molecule has 0 unspecified atom stereocenters. The van der Waals surface area contributed by atoms with Gasteiger partial charge in [0.25, 0.3) is 0 Å². The Bertz CT molecular complexity index is 815. The summed E-state index contributed by atoms with van der Waals surface area (Å²) in [6.45, 7) is -0.204. The van der Waals surface area contributed by atoms with Crippen molar-refractivity contribution in [2.75, 3.05) is 26.1 Å². The lowest BCUT2D eigenvalue weighted by molar-refractivity contribution is -0.142. The van der Waals surface area contributed by atoms with E-state index in [0.717, 1.165) is 11.1 Å². The Morgan fingerprint density at radius 3 is 2.88 bits per heavy atom. The quantitative estimate of drug-likeness (QED) is 0.825. The molecule has 0 saturated heterocycles. The summed E-state index contributed by atoms with van der Waals surface area (Å²) in [6.07, 6.45) is 2.08. The van der Waals surface area contributed by atoms with Crippen LogP contribution < -0.4 is 14.8 Å². The van der Waals surface area contributed by atoms with Crippen molar-refractivity contribution in [3.63, 3.8) is 0 Å². The largest absolute Gasteiger partial charge is 0.493 e. The number of hydrogen-bond donors (Lipinski definition) is 1. The normalized spacial score (nSPS) is 16.0. The lowest BCUT2D eigenvalue weighted by Crippen LogP contribution is -2.24. The zero-order chi connectivity index (χ0) is 18.0. The minimum absolute atomic E-state index is 0.0638. The second kappa shape index (κ2) is 6.84. The van der Waals surface area contributed by atoms with Gasteiger partial charge >= 0.3 is 5.97 Å². The number of aryl methyl sites for hydroxylation is 1. The van der Waals surface area contributed by atoms with Crippen LogP contribution in [0.15, 0.2) is 24.4 Å². The van der Waals surface area contributed by atoms with Gasteiger partial charge in [0, 0.05) is 24.9 Å². The first kappa shape index (κ1) is 16.8. The maximum absolute atomic E-state index is 12.0. The van der Waals surface area contributed by atoms with E-state index in [-0.39, 0.29) is 18.4 Å². The first-order valence-corrected chi connectivity index (χ1v) is 7.72. The lowest BCUT2D eigenvalue weighted by atomic mass is 9.87. The minimum atomic E-state index is -0.477. The molecule has 1 atom stereocenters. The van der Waals surface area contributed by atoms with Crippen molar-refractivity contribution in [3.8, 4) is 11.5 Å². The van der Waals surface area contributed by atoms with Crippen LogP contribution in [0.2, 0.25) is 0 Å². The predicted octanol–water partition coefficient (Wildman–Crippen LogP) is 1.45. The van der Waals surface area contributed by atoms with Gasteiger partial charge in [-0.15, -0.1) is 0 Å². The molecule has 2 heterocycles. The van der Waals surface area contributed by atoms with E-state index < -0.39 is 5.97 Å². The van der Waals surface area contributed by atoms with Crippen molar-refractivity contribution in [3.05, 3.63) is 35.5 Å². The van der Waals surface area contributed by atoms with E-state index >= 15 is 0 Å². The van der Waals surface area contributed by atoms with Gasteiger partial charge in [-0.25, -0.2) is 4.79 Å². The number of esters is 1. The number of aromatic nitrogens is 2. The van der Waals surface area contributed by atoms with E-state index in [1.807, 2.05) is 12.1 Å². The summed E-state index contributed by atoms with van der Waals surface area (Å²) in [5.41, 5.74) is 1.86. The van der Waals surface area contributed by atoms with Gasteiger partial charge in [0.2, 0.25) is 5.91 Å². The van der Waals surface area contributed by atoms with Crippen molar-refractivity contribution in [1.29, 1.82) is 0 Å². The monoisotopic (exact) mass is 345 g/mol. The number of carbonyl (C=O) groups excluding carboxylic acids is 2. The number of carbonyl (C=O) groups is 2. The Balaban J connectivity index is 1.90. The van der Waals surface area contributed by atoms with Gasteiger partial charge in [-0.05, 0) is 17.7 Å². The highest BCUT2D eigenvalue weighted by Crippen LogP contribution is 2.39. The van der Waals surface area contributed by atoms with Crippen LogP contribution in [0.3, 0.4) is 0 Å². The second-order valence-electron chi connectivity index (χ2n) is 5.65. The molecule has 1 aromatic carbocycles. The first-order chi connectivity index (χ1) is 12.0. The van der Waals surface area contributed by atoms with Gasteiger partial charge in [0.05, 0.1) is 20.4 Å². The number of rotatable bonds is 5. The third kappa shape index (κ3) is 3.28.